The van der Waals surface area contributed by atoms with Gasteiger partial charge in [0.15, 0.2) is 11.5 Å². The molecule has 1 aliphatic heterocycles. The topological polar surface area (TPSA) is 76.7 Å². The highest BCUT2D eigenvalue weighted by molar-refractivity contribution is 5.95. The minimum Gasteiger partial charge on any atom is -0.486 e. The van der Waals surface area contributed by atoms with Gasteiger partial charge >= 0.3 is 0 Å². The Hall–Kier alpha value is -3.09. The van der Waals surface area contributed by atoms with E-state index in [9.17, 15) is 14.0 Å². The molecule has 6 nitrogen and oxygen atoms in total. The minimum absolute atomic E-state index is 0.172. The highest BCUT2D eigenvalue weighted by atomic mass is 19.1. The Kier molecular flexibility index (Phi) is 5.90. The second-order valence-corrected chi connectivity index (χ2v) is 6.32. The van der Waals surface area contributed by atoms with Crippen LogP contribution in [0.3, 0.4) is 0 Å². The summed E-state index contributed by atoms with van der Waals surface area (Å²) in [6.45, 7) is 2.48. The van der Waals surface area contributed by atoms with Crippen molar-refractivity contribution in [3.63, 3.8) is 0 Å². The number of carbonyl (C=O) groups is 2. The highest BCUT2D eigenvalue weighted by Crippen LogP contribution is 2.32. The number of ether oxygens (including phenoxy) is 2. The van der Waals surface area contributed by atoms with Gasteiger partial charge in [-0.25, -0.2) is 4.39 Å². The van der Waals surface area contributed by atoms with Crippen LogP contribution in [-0.2, 0) is 16.0 Å². The fraction of sp³-hybridized carbons (Fsp3) is 0.300. The van der Waals surface area contributed by atoms with Crippen molar-refractivity contribution in [3.05, 3.63) is 53.8 Å². The molecule has 0 saturated carbocycles. The molecule has 0 fully saturated rings. The number of amides is 2. The summed E-state index contributed by atoms with van der Waals surface area (Å²) in [5.74, 6) is -0.262. The number of hydrogen-bond acceptors (Lipinski definition) is 4. The molecule has 0 spiro atoms. The lowest BCUT2D eigenvalue weighted by Gasteiger charge is -2.19. The van der Waals surface area contributed by atoms with Crippen LogP contribution in [0.5, 0.6) is 11.5 Å². The maximum absolute atomic E-state index is 13.7. The lowest BCUT2D eigenvalue weighted by atomic mass is 10.00. The van der Waals surface area contributed by atoms with Gasteiger partial charge in [0.2, 0.25) is 11.8 Å². The number of nitrogens with one attached hydrogen (secondary N) is 2. The number of rotatable bonds is 6. The van der Waals surface area contributed by atoms with Gasteiger partial charge in [0.1, 0.15) is 19.0 Å². The Morgan fingerprint density at radius 1 is 1.11 bits per heavy atom. The van der Waals surface area contributed by atoms with Crippen LogP contribution in [0.4, 0.5) is 10.1 Å². The van der Waals surface area contributed by atoms with Crippen molar-refractivity contribution in [2.45, 2.75) is 13.3 Å². The second-order valence-electron chi connectivity index (χ2n) is 6.32. The van der Waals surface area contributed by atoms with Gasteiger partial charge in [-0.3, -0.25) is 9.59 Å². The van der Waals surface area contributed by atoms with Gasteiger partial charge in [-0.05, 0) is 30.2 Å². The van der Waals surface area contributed by atoms with E-state index in [-0.39, 0.29) is 30.6 Å². The van der Waals surface area contributed by atoms with Crippen LogP contribution in [-0.4, -0.2) is 31.6 Å². The maximum atomic E-state index is 13.7. The first-order valence-electron chi connectivity index (χ1n) is 8.73. The maximum Gasteiger partial charge on any atom is 0.243 e. The normalized spacial score (nSPS) is 13.6. The lowest BCUT2D eigenvalue weighted by Crippen LogP contribution is -2.36. The molecule has 0 aromatic heterocycles. The van der Waals surface area contributed by atoms with Crippen molar-refractivity contribution in [1.29, 1.82) is 0 Å². The summed E-state index contributed by atoms with van der Waals surface area (Å²) < 4.78 is 24.6. The fourth-order valence-electron chi connectivity index (χ4n) is 2.75. The standard InChI is InChI=1S/C20H21FN2O4/c1-13(10-14-4-2-3-5-16(14)21)20(25)22-12-19(24)23-15-6-7-17-18(11-15)27-9-8-26-17/h2-7,11,13H,8-10,12H2,1H3,(H,22,25)(H,23,24). The molecule has 2 N–H and O–H groups in total. The smallest absolute Gasteiger partial charge is 0.243 e. The monoisotopic (exact) mass is 372 g/mol. The molecule has 1 heterocycles. The van der Waals surface area contributed by atoms with Gasteiger partial charge in [-0.1, -0.05) is 25.1 Å². The molecule has 142 valence electrons. The molecule has 1 unspecified atom stereocenters. The summed E-state index contributed by atoms with van der Waals surface area (Å²) in [5, 5.41) is 5.27. The van der Waals surface area contributed by atoms with Crippen LogP contribution < -0.4 is 20.1 Å². The van der Waals surface area contributed by atoms with E-state index in [2.05, 4.69) is 10.6 Å². The molecule has 7 heteroatoms. The van der Waals surface area contributed by atoms with Crippen molar-refractivity contribution >= 4 is 17.5 Å². The van der Waals surface area contributed by atoms with Gasteiger partial charge in [0, 0.05) is 17.7 Å². The average molecular weight is 372 g/mol. The summed E-state index contributed by atoms with van der Waals surface area (Å²) in [4.78, 5) is 24.2. The van der Waals surface area contributed by atoms with Crippen LogP contribution in [0.1, 0.15) is 12.5 Å². The van der Waals surface area contributed by atoms with Gasteiger partial charge in [-0.15, -0.1) is 0 Å². The minimum atomic E-state index is -0.455. The number of halogens is 1. The van der Waals surface area contributed by atoms with Crippen LogP contribution in [0, 0.1) is 11.7 Å². The van der Waals surface area contributed by atoms with E-state index in [1.165, 1.54) is 6.07 Å². The number of benzene rings is 2. The Morgan fingerprint density at radius 2 is 1.85 bits per heavy atom. The van der Waals surface area contributed by atoms with Crippen LogP contribution in [0.25, 0.3) is 0 Å². The van der Waals surface area contributed by atoms with E-state index >= 15 is 0 Å². The van der Waals surface area contributed by atoms with Crippen molar-refractivity contribution in [2.75, 3.05) is 25.1 Å². The SMILES string of the molecule is CC(Cc1ccccc1F)C(=O)NCC(=O)Nc1ccc2c(c1)OCCO2. The Bertz CT molecular complexity index is 840. The van der Waals surface area contributed by atoms with Gasteiger partial charge in [-0.2, -0.15) is 0 Å². The molecule has 27 heavy (non-hydrogen) atoms. The van der Waals surface area contributed by atoms with Gasteiger partial charge in [0.05, 0.1) is 6.54 Å². The second kappa shape index (κ2) is 8.53. The Balaban J connectivity index is 1.48. The predicted molar refractivity (Wildman–Crippen MR) is 98.3 cm³/mol. The Morgan fingerprint density at radius 3 is 2.63 bits per heavy atom. The highest BCUT2D eigenvalue weighted by Gasteiger charge is 2.17. The van der Waals surface area contributed by atoms with Gasteiger partial charge in [0.25, 0.3) is 0 Å². The van der Waals surface area contributed by atoms with E-state index in [4.69, 9.17) is 9.47 Å². The number of anilines is 1. The largest absolute Gasteiger partial charge is 0.486 e. The quantitative estimate of drug-likeness (QED) is 0.817. The molecule has 2 amide bonds. The fourth-order valence-corrected chi connectivity index (χ4v) is 2.75. The van der Waals surface area contributed by atoms with Crippen molar-refractivity contribution in [3.8, 4) is 11.5 Å². The zero-order chi connectivity index (χ0) is 19.2. The summed E-state index contributed by atoms with van der Waals surface area (Å²) in [7, 11) is 0. The molecular weight excluding hydrogens is 351 g/mol. The number of hydrogen-bond donors (Lipinski definition) is 2. The van der Waals surface area contributed by atoms with Crippen LogP contribution in [0.15, 0.2) is 42.5 Å². The number of carbonyl (C=O) groups excluding carboxylic acids is 2. The zero-order valence-electron chi connectivity index (χ0n) is 15.0. The first-order valence-corrected chi connectivity index (χ1v) is 8.73. The zero-order valence-corrected chi connectivity index (χ0v) is 15.0. The van der Waals surface area contributed by atoms with E-state index in [1.807, 2.05) is 0 Å². The van der Waals surface area contributed by atoms with Crippen LogP contribution >= 0.6 is 0 Å². The predicted octanol–water partition coefficient (Wildman–Crippen LogP) is 2.53. The third-order valence-electron chi connectivity index (χ3n) is 4.18. The molecule has 0 radical (unpaired) electrons. The van der Waals surface area contributed by atoms with E-state index in [1.54, 1.807) is 43.3 Å². The molecule has 0 saturated heterocycles. The molecule has 2 aromatic carbocycles. The lowest BCUT2D eigenvalue weighted by molar-refractivity contribution is -0.126. The molecular formula is C20H21FN2O4. The third kappa shape index (κ3) is 4.97. The van der Waals surface area contributed by atoms with Gasteiger partial charge < -0.3 is 20.1 Å². The molecule has 3 rings (SSSR count). The summed E-state index contributed by atoms with van der Waals surface area (Å²) in [5.41, 5.74) is 1.03. The molecule has 0 aliphatic carbocycles. The molecule has 1 atom stereocenters. The van der Waals surface area contributed by atoms with E-state index in [0.29, 0.717) is 36.0 Å². The summed E-state index contributed by atoms with van der Waals surface area (Å²) >= 11 is 0. The molecule has 1 aliphatic rings. The average Bonchev–Trinajstić information content (AvgIpc) is 2.67. The molecule has 0 bridgehead atoms. The van der Waals surface area contributed by atoms with Crippen LogP contribution in [0.2, 0.25) is 0 Å². The summed E-state index contributed by atoms with van der Waals surface area (Å²) in [6.07, 6.45) is 0.266. The Labute approximate surface area is 156 Å². The van der Waals surface area contributed by atoms with Crippen molar-refractivity contribution in [1.82, 2.24) is 5.32 Å². The first-order chi connectivity index (χ1) is 13.0. The molecule has 2 aromatic rings. The van der Waals surface area contributed by atoms with Crippen molar-refractivity contribution in [2.24, 2.45) is 5.92 Å². The third-order valence-corrected chi connectivity index (χ3v) is 4.18. The van der Waals surface area contributed by atoms with E-state index in [0.717, 1.165) is 0 Å². The number of fused-ring (bicyclic) bond motifs is 1. The summed E-state index contributed by atoms with van der Waals surface area (Å²) in [6, 6.07) is 11.4. The first kappa shape index (κ1) is 18.7. The van der Waals surface area contributed by atoms with E-state index < -0.39 is 5.92 Å². The van der Waals surface area contributed by atoms with Crippen molar-refractivity contribution < 1.29 is 23.5 Å².